The van der Waals surface area contributed by atoms with E-state index in [-0.39, 0.29) is 11.3 Å². The van der Waals surface area contributed by atoms with Crippen molar-refractivity contribution in [2.45, 2.75) is 6.36 Å². The Morgan fingerprint density at radius 2 is 1.93 bits per heavy atom. The van der Waals surface area contributed by atoms with Gasteiger partial charge in [-0.2, -0.15) is 0 Å². The Morgan fingerprint density at radius 1 is 1.27 bits per heavy atom. The lowest BCUT2D eigenvalue weighted by molar-refractivity contribution is -0.274. The molecule has 1 rings (SSSR count). The van der Waals surface area contributed by atoms with E-state index in [1.165, 1.54) is 25.3 Å². The molecule has 1 aromatic rings. The number of benzene rings is 1. The third-order valence-corrected chi connectivity index (χ3v) is 1.44. The van der Waals surface area contributed by atoms with E-state index in [1.54, 1.807) is 6.07 Å². The largest absolute Gasteiger partial charge is 0.573 e. The summed E-state index contributed by atoms with van der Waals surface area (Å²) in [5.74, 6) is -0.314. The molecule has 0 spiro atoms. The maximum Gasteiger partial charge on any atom is 0.573 e. The summed E-state index contributed by atoms with van der Waals surface area (Å²) in [7, 11) is 1.30. The predicted molar refractivity (Wildman–Crippen MR) is 47.7 cm³/mol. The van der Waals surface area contributed by atoms with Crippen LogP contribution in [0.3, 0.4) is 0 Å². The Labute approximate surface area is 84.1 Å². The second kappa shape index (κ2) is 4.68. The summed E-state index contributed by atoms with van der Waals surface area (Å²) in [6.07, 6.45) is -3.57. The highest BCUT2D eigenvalue weighted by Gasteiger charge is 2.31. The smallest absolute Gasteiger partial charge is 0.405 e. The van der Waals surface area contributed by atoms with Crippen LogP contribution in [0.5, 0.6) is 5.75 Å². The van der Waals surface area contributed by atoms with E-state index in [0.717, 1.165) is 6.21 Å². The van der Waals surface area contributed by atoms with Crippen LogP contribution in [0.15, 0.2) is 29.4 Å². The molecule has 0 aliphatic heterocycles. The molecule has 0 radical (unpaired) electrons. The number of nitrogens with zero attached hydrogens (tertiary/aromatic N) is 1. The van der Waals surface area contributed by atoms with Crippen LogP contribution < -0.4 is 4.74 Å². The van der Waals surface area contributed by atoms with Crippen LogP contribution >= 0.6 is 0 Å². The van der Waals surface area contributed by atoms with Crippen molar-refractivity contribution in [1.82, 2.24) is 0 Å². The fourth-order valence-corrected chi connectivity index (χ4v) is 0.914. The summed E-state index contributed by atoms with van der Waals surface area (Å²) in [6.45, 7) is 0. The van der Waals surface area contributed by atoms with Gasteiger partial charge in [-0.05, 0) is 12.1 Å². The summed E-state index contributed by atoms with van der Waals surface area (Å²) >= 11 is 0. The standard InChI is InChI=1S/C9H8F3NO2/c1-14-13-6-7-4-2-3-5-8(7)15-9(10,11)12/h2-6H,1H3/b13-6+. The molecule has 0 saturated carbocycles. The molecule has 3 nitrogen and oxygen atoms in total. The summed E-state index contributed by atoms with van der Waals surface area (Å²) in [4.78, 5) is 4.36. The molecule has 0 aromatic heterocycles. The quantitative estimate of drug-likeness (QED) is 0.577. The lowest BCUT2D eigenvalue weighted by Crippen LogP contribution is -2.18. The van der Waals surface area contributed by atoms with Crippen LogP contribution in [0.25, 0.3) is 0 Å². The van der Waals surface area contributed by atoms with Crippen LogP contribution in [-0.4, -0.2) is 19.7 Å². The Hall–Kier alpha value is -1.72. The summed E-state index contributed by atoms with van der Waals surface area (Å²) in [5, 5.41) is 3.36. The number of para-hydroxylation sites is 1. The molecule has 82 valence electrons. The normalized spacial score (nSPS) is 11.7. The molecular formula is C9H8F3NO2. The number of hydrogen-bond donors (Lipinski definition) is 0. The van der Waals surface area contributed by atoms with Crippen LogP contribution in [0, 0.1) is 0 Å². The Kier molecular flexibility index (Phi) is 3.54. The van der Waals surface area contributed by atoms with Gasteiger partial charge in [0.1, 0.15) is 12.9 Å². The lowest BCUT2D eigenvalue weighted by Gasteiger charge is -2.10. The molecule has 0 bridgehead atoms. The number of ether oxygens (including phenoxy) is 1. The van der Waals surface area contributed by atoms with E-state index in [1.807, 2.05) is 0 Å². The minimum atomic E-state index is -4.71. The number of oxime groups is 1. The minimum Gasteiger partial charge on any atom is -0.405 e. The van der Waals surface area contributed by atoms with E-state index in [0.29, 0.717) is 0 Å². The first-order chi connectivity index (χ1) is 7.03. The topological polar surface area (TPSA) is 30.8 Å². The first kappa shape index (κ1) is 11.4. The molecule has 0 unspecified atom stereocenters. The van der Waals surface area contributed by atoms with E-state index >= 15 is 0 Å². The molecule has 0 aliphatic carbocycles. The zero-order valence-corrected chi connectivity index (χ0v) is 7.78. The first-order valence-corrected chi connectivity index (χ1v) is 3.94. The molecule has 0 amide bonds. The van der Waals surface area contributed by atoms with Gasteiger partial charge in [-0.15, -0.1) is 13.2 Å². The van der Waals surface area contributed by atoms with Crippen molar-refractivity contribution >= 4 is 6.21 Å². The zero-order valence-electron chi connectivity index (χ0n) is 7.78. The first-order valence-electron chi connectivity index (χ1n) is 3.94. The molecule has 0 aliphatic rings. The maximum absolute atomic E-state index is 11.9. The molecular weight excluding hydrogens is 211 g/mol. The second-order valence-electron chi connectivity index (χ2n) is 2.50. The van der Waals surface area contributed by atoms with E-state index in [2.05, 4.69) is 14.7 Å². The molecule has 0 atom stereocenters. The number of halogens is 3. The van der Waals surface area contributed by atoms with Gasteiger partial charge in [-0.25, -0.2) is 0 Å². The van der Waals surface area contributed by atoms with Crippen LogP contribution in [0.2, 0.25) is 0 Å². The van der Waals surface area contributed by atoms with Crippen molar-refractivity contribution in [2.75, 3.05) is 7.11 Å². The highest BCUT2D eigenvalue weighted by molar-refractivity contribution is 5.83. The molecule has 0 heterocycles. The van der Waals surface area contributed by atoms with Crippen molar-refractivity contribution in [3.8, 4) is 5.75 Å². The van der Waals surface area contributed by atoms with Crippen molar-refractivity contribution in [3.63, 3.8) is 0 Å². The van der Waals surface area contributed by atoms with Gasteiger partial charge in [0.05, 0.1) is 6.21 Å². The highest BCUT2D eigenvalue weighted by atomic mass is 19.4. The van der Waals surface area contributed by atoms with Gasteiger partial charge in [0.25, 0.3) is 0 Å². The zero-order chi connectivity index (χ0) is 11.3. The third kappa shape index (κ3) is 3.88. The minimum absolute atomic E-state index is 0.191. The average Bonchev–Trinajstić information content (AvgIpc) is 2.14. The Bertz CT molecular complexity index is 349. The average molecular weight is 219 g/mol. The fraction of sp³-hybridized carbons (Fsp3) is 0.222. The van der Waals surface area contributed by atoms with Crippen LogP contribution in [-0.2, 0) is 4.84 Å². The van der Waals surface area contributed by atoms with Gasteiger partial charge in [0.15, 0.2) is 0 Å². The summed E-state index contributed by atoms with van der Waals surface area (Å²) < 4.78 is 39.6. The number of hydrogen-bond acceptors (Lipinski definition) is 3. The highest BCUT2D eigenvalue weighted by Crippen LogP contribution is 2.24. The van der Waals surface area contributed by atoms with Gasteiger partial charge >= 0.3 is 6.36 Å². The van der Waals surface area contributed by atoms with Gasteiger partial charge in [0, 0.05) is 5.56 Å². The van der Waals surface area contributed by atoms with Crippen LogP contribution in [0.4, 0.5) is 13.2 Å². The Balaban J connectivity index is 2.91. The van der Waals surface area contributed by atoms with E-state index in [4.69, 9.17) is 0 Å². The van der Waals surface area contributed by atoms with Crippen molar-refractivity contribution in [2.24, 2.45) is 5.16 Å². The Morgan fingerprint density at radius 3 is 2.53 bits per heavy atom. The molecule has 6 heteroatoms. The summed E-state index contributed by atoms with van der Waals surface area (Å²) in [5.41, 5.74) is 0.191. The monoisotopic (exact) mass is 219 g/mol. The van der Waals surface area contributed by atoms with Crippen molar-refractivity contribution in [3.05, 3.63) is 29.8 Å². The van der Waals surface area contributed by atoms with Gasteiger partial charge in [-0.3, -0.25) is 0 Å². The summed E-state index contributed by atoms with van der Waals surface area (Å²) in [6, 6.07) is 5.64. The SMILES string of the molecule is CO/N=C/c1ccccc1OC(F)(F)F. The predicted octanol–water partition coefficient (Wildman–Crippen LogP) is 2.57. The maximum atomic E-state index is 11.9. The molecule has 15 heavy (non-hydrogen) atoms. The van der Waals surface area contributed by atoms with Crippen molar-refractivity contribution in [1.29, 1.82) is 0 Å². The molecule has 0 saturated heterocycles. The van der Waals surface area contributed by atoms with Gasteiger partial charge in [-0.1, -0.05) is 17.3 Å². The second-order valence-corrected chi connectivity index (χ2v) is 2.50. The third-order valence-electron chi connectivity index (χ3n) is 1.44. The number of alkyl halides is 3. The van der Waals surface area contributed by atoms with E-state index < -0.39 is 6.36 Å². The van der Waals surface area contributed by atoms with E-state index in [9.17, 15) is 13.2 Å². The van der Waals surface area contributed by atoms with Crippen molar-refractivity contribution < 1.29 is 22.7 Å². The lowest BCUT2D eigenvalue weighted by atomic mass is 10.2. The molecule has 0 N–H and O–H groups in total. The molecule has 0 fully saturated rings. The van der Waals surface area contributed by atoms with Gasteiger partial charge in [0.2, 0.25) is 0 Å². The van der Waals surface area contributed by atoms with Gasteiger partial charge < -0.3 is 9.57 Å². The molecule has 1 aromatic carbocycles. The van der Waals surface area contributed by atoms with Crippen LogP contribution in [0.1, 0.15) is 5.56 Å². The fourth-order valence-electron chi connectivity index (χ4n) is 0.914. The number of rotatable bonds is 3.